The van der Waals surface area contributed by atoms with Gasteiger partial charge in [-0.2, -0.15) is 0 Å². The fourth-order valence-electron chi connectivity index (χ4n) is 3.22. The van der Waals surface area contributed by atoms with Crippen LogP contribution in [0.25, 0.3) is 0 Å². The van der Waals surface area contributed by atoms with Gasteiger partial charge in [0.1, 0.15) is 13.2 Å². The lowest BCUT2D eigenvalue weighted by Gasteiger charge is -2.22. The summed E-state index contributed by atoms with van der Waals surface area (Å²) in [7, 11) is 1.52. The highest BCUT2D eigenvalue weighted by Crippen LogP contribution is 2.37. The van der Waals surface area contributed by atoms with Gasteiger partial charge in [-0.05, 0) is 56.2 Å². The Morgan fingerprint density at radius 2 is 1.84 bits per heavy atom. The first-order chi connectivity index (χ1) is 14.9. The van der Waals surface area contributed by atoms with Crippen molar-refractivity contribution in [1.29, 1.82) is 0 Å². The highest BCUT2D eigenvalue weighted by atomic mass is 79.9. The third kappa shape index (κ3) is 5.91. The Labute approximate surface area is 190 Å². The summed E-state index contributed by atoms with van der Waals surface area (Å²) in [6.45, 7) is 4.81. The maximum atomic E-state index is 12.4. The summed E-state index contributed by atoms with van der Waals surface area (Å²) in [6.07, 6.45) is 0.860. The number of hydrogen-bond donors (Lipinski definition) is 1. The Hall–Kier alpha value is -2.74. The fourth-order valence-corrected chi connectivity index (χ4v) is 3.89. The van der Waals surface area contributed by atoms with E-state index in [1.165, 1.54) is 14.0 Å². The van der Waals surface area contributed by atoms with Crippen molar-refractivity contribution in [2.24, 2.45) is 0 Å². The van der Waals surface area contributed by atoms with E-state index >= 15 is 0 Å². The molecule has 0 radical (unpaired) electrons. The van der Waals surface area contributed by atoms with Gasteiger partial charge in [0.25, 0.3) is 0 Å². The van der Waals surface area contributed by atoms with Crippen LogP contribution in [0.2, 0.25) is 0 Å². The van der Waals surface area contributed by atoms with E-state index in [2.05, 4.69) is 21.2 Å². The minimum Gasteiger partial charge on any atom is -0.493 e. The minimum atomic E-state index is -0.196. The maximum absolute atomic E-state index is 12.4. The molecule has 0 aromatic heterocycles. The number of amides is 1. The number of ether oxygens (including phenoxy) is 4. The van der Waals surface area contributed by atoms with Crippen LogP contribution in [0.1, 0.15) is 48.7 Å². The van der Waals surface area contributed by atoms with Crippen molar-refractivity contribution in [3.8, 4) is 23.0 Å². The Morgan fingerprint density at radius 3 is 2.52 bits per heavy atom. The number of carbonyl (C=O) groups excluding carboxylic acids is 2. The number of Topliss-reactive ketones (excluding diaryl/α,β-unsaturated/α-hetero) is 1. The summed E-state index contributed by atoms with van der Waals surface area (Å²) in [5.74, 6) is 2.31. The molecule has 1 atom stereocenters. The molecule has 8 heteroatoms. The summed E-state index contributed by atoms with van der Waals surface area (Å²) in [5, 5.41) is 3.00. The summed E-state index contributed by atoms with van der Waals surface area (Å²) >= 11 is 3.54. The van der Waals surface area contributed by atoms with E-state index < -0.39 is 0 Å². The minimum absolute atomic E-state index is 0.0414. The first-order valence-electron chi connectivity index (χ1n) is 10.1. The van der Waals surface area contributed by atoms with Crippen LogP contribution in [0.15, 0.2) is 34.8 Å². The Kier molecular flexibility index (Phi) is 7.79. The zero-order chi connectivity index (χ0) is 22.4. The van der Waals surface area contributed by atoms with Crippen molar-refractivity contribution in [1.82, 2.24) is 5.32 Å². The number of carbonyl (C=O) groups is 2. The number of methoxy groups -OCH3 is 1. The van der Waals surface area contributed by atoms with Gasteiger partial charge in [-0.1, -0.05) is 15.9 Å². The molecule has 0 aliphatic carbocycles. The van der Waals surface area contributed by atoms with Crippen LogP contribution in [-0.2, 0) is 4.79 Å². The monoisotopic (exact) mass is 491 g/mol. The second-order valence-corrected chi connectivity index (χ2v) is 8.03. The number of halogens is 1. The predicted molar refractivity (Wildman–Crippen MR) is 119 cm³/mol. The normalized spacial score (nSPS) is 13.3. The van der Waals surface area contributed by atoms with Crippen LogP contribution in [0, 0.1) is 0 Å². The maximum Gasteiger partial charge on any atom is 0.220 e. The van der Waals surface area contributed by atoms with E-state index in [4.69, 9.17) is 18.9 Å². The number of benzene rings is 2. The first kappa shape index (κ1) is 22.9. The van der Waals surface area contributed by atoms with Gasteiger partial charge in [0.15, 0.2) is 28.8 Å². The summed E-state index contributed by atoms with van der Waals surface area (Å²) in [6, 6.07) is 8.61. The molecule has 2 aromatic carbocycles. The Bertz CT molecular complexity index is 961. The van der Waals surface area contributed by atoms with Crippen molar-refractivity contribution >= 4 is 27.6 Å². The molecule has 3 rings (SSSR count). The van der Waals surface area contributed by atoms with Crippen LogP contribution >= 0.6 is 15.9 Å². The first-order valence-corrected chi connectivity index (χ1v) is 10.9. The van der Waals surface area contributed by atoms with Crippen molar-refractivity contribution in [3.05, 3.63) is 45.9 Å². The molecule has 166 valence electrons. The third-order valence-corrected chi connectivity index (χ3v) is 5.57. The lowest BCUT2D eigenvalue weighted by atomic mass is 10.1. The van der Waals surface area contributed by atoms with Gasteiger partial charge in [-0.15, -0.1) is 0 Å². The number of ketones is 1. The van der Waals surface area contributed by atoms with Crippen molar-refractivity contribution < 1.29 is 28.5 Å². The van der Waals surface area contributed by atoms with Crippen LogP contribution in [0.5, 0.6) is 23.0 Å². The molecule has 1 aliphatic rings. The van der Waals surface area contributed by atoms with Crippen LogP contribution < -0.4 is 24.3 Å². The Balaban J connectivity index is 1.49. The summed E-state index contributed by atoms with van der Waals surface area (Å²) in [4.78, 5) is 23.9. The molecule has 0 bridgehead atoms. The second-order valence-electron chi connectivity index (χ2n) is 7.18. The largest absolute Gasteiger partial charge is 0.493 e. The zero-order valence-corrected chi connectivity index (χ0v) is 19.4. The highest BCUT2D eigenvalue weighted by Gasteiger charge is 2.19. The van der Waals surface area contributed by atoms with E-state index in [0.29, 0.717) is 61.2 Å². The number of rotatable bonds is 9. The highest BCUT2D eigenvalue weighted by molar-refractivity contribution is 9.10. The van der Waals surface area contributed by atoms with Gasteiger partial charge in [-0.25, -0.2) is 0 Å². The van der Waals surface area contributed by atoms with E-state index in [1.807, 2.05) is 19.1 Å². The van der Waals surface area contributed by atoms with Crippen molar-refractivity contribution in [3.63, 3.8) is 0 Å². The third-order valence-electron chi connectivity index (χ3n) is 4.88. The van der Waals surface area contributed by atoms with E-state index in [-0.39, 0.29) is 17.7 Å². The van der Waals surface area contributed by atoms with Gasteiger partial charge in [0.05, 0.1) is 19.8 Å². The van der Waals surface area contributed by atoms with E-state index in [1.54, 1.807) is 18.2 Å². The number of hydrogen-bond acceptors (Lipinski definition) is 6. The summed E-state index contributed by atoms with van der Waals surface area (Å²) < 4.78 is 23.1. The topological polar surface area (TPSA) is 83.1 Å². The molecule has 0 fully saturated rings. The van der Waals surface area contributed by atoms with Gasteiger partial charge in [0.2, 0.25) is 5.91 Å². The predicted octanol–water partition coefficient (Wildman–Crippen LogP) is 4.47. The molecule has 2 aromatic rings. The van der Waals surface area contributed by atoms with Gasteiger partial charge < -0.3 is 24.3 Å². The molecule has 0 saturated heterocycles. The molecule has 1 N–H and O–H groups in total. The Morgan fingerprint density at radius 1 is 1.13 bits per heavy atom. The standard InChI is InChI=1S/C23H26BrNO6/c1-14(17-12-21-22(13-18(17)24)31-10-9-30-21)25-23(27)5-4-8-29-19-7-6-16(15(2)26)11-20(19)28-3/h6-7,11-14H,4-5,8-10H2,1-3H3,(H,25,27). The lowest BCUT2D eigenvalue weighted by molar-refractivity contribution is -0.121. The molecule has 7 nitrogen and oxygen atoms in total. The number of fused-ring (bicyclic) bond motifs is 1. The average molecular weight is 492 g/mol. The average Bonchev–Trinajstić information content (AvgIpc) is 2.76. The molecule has 1 amide bonds. The lowest BCUT2D eigenvalue weighted by Crippen LogP contribution is -2.27. The van der Waals surface area contributed by atoms with Crippen LogP contribution in [0.4, 0.5) is 0 Å². The van der Waals surface area contributed by atoms with Crippen molar-refractivity contribution in [2.75, 3.05) is 26.9 Å². The zero-order valence-electron chi connectivity index (χ0n) is 17.8. The van der Waals surface area contributed by atoms with Gasteiger partial charge >= 0.3 is 0 Å². The SMILES string of the molecule is COc1cc(C(C)=O)ccc1OCCCC(=O)NC(C)c1cc2c(cc1Br)OCCO2. The molecule has 1 unspecified atom stereocenters. The molecule has 31 heavy (non-hydrogen) atoms. The van der Waals surface area contributed by atoms with Gasteiger partial charge in [0, 0.05) is 16.5 Å². The molecular formula is C23H26BrNO6. The molecule has 0 spiro atoms. The van der Waals surface area contributed by atoms with Crippen LogP contribution in [0.3, 0.4) is 0 Å². The molecular weight excluding hydrogens is 466 g/mol. The molecule has 0 saturated carbocycles. The molecule has 1 heterocycles. The van der Waals surface area contributed by atoms with E-state index in [9.17, 15) is 9.59 Å². The number of nitrogens with one attached hydrogen (secondary N) is 1. The summed E-state index contributed by atoms with van der Waals surface area (Å²) in [5.41, 5.74) is 1.48. The smallest absolute Gasteiger partial charge is 0.220 e. The second kappa shape index (κ2) is 10.5. The van der Waals surface area contributed by atoms with Crippen LogP contribution in [-0.4, -0.2) is 38.6 Å². The van der Waals surface area contributed by atoms with E-state index in [0.717, 1.165) is 10.0 Å². The van der Waals surface area contributed by atoms with Gasteiger partial charge in [-0.3, -0.25) is 9.59 Å². The molecule has 1 aliphatic heterocycles. The van der Waals surface area contributed by atoms with Crippen molar-refractivity contribution in [2.45, 2.75) is 32.7 Å². The fraction of sp³-hybridized carbons (Fsp3) is 0.391. The quantitative estimate of drug-likeness (QED) is 0.411.